The number of nitrogens with two attached hydrogens (primary N) is 1. The fourth-order valence-corrected chi connectivity index (χ4v) is 2.31. The minimum absolute atomic E-state index is 0.0786. The molecule has 1 fully saturated rings. The summed E-state index contributed by atoms with van der Waals surface area (Å²) in [5.74, 6) is -2.94. The van der Waals surface area contributed by atoms with Crippen molar-refractivity contribution in [3.8, 4) is 0 Å². The minimum atomic E-state index is -0.909. The third-order valence-corrected chi connectivity index (χ3v) is 3.21. The van der Waals surface area contributed by atoms with Gasteiger partial charge in [-0.2, -0.15) is 0 Å². The van der Waals surface area contributed by atoms with Gasteiger partial charge in [0.2, 0.25) is 0 Å². The molecule has 1 unspecified atom stereocenters. The summed E-state index contributed by atoms with van der Waals surface area (Å²) in [6.07, 6.45) is 0.552. The van der Waals surface area contributed by atoms with E-state index in [9.17, 15) is 13.2 Å². The molecule has 2 rings (SSSR count). The summed E-state index contributed by atoms with van der Waals surface area (Å²) >= 11 is 4.80. The molecule has 2 nitrogen and oxygen atoms in total. The van der Waals surface area contributed by atoms with Crippen molar-refractivity contribution >= 4 is 17.3 Å². The molecule has 92 valence electrons. The molecule has 1 heterocycles. The van der Waals surface area contributed by atoms with Gasteiger partial charge in [0.1, 0.15) is 17.5 Å². The Morgan fingerprint density at radius 2 is 1.88 bits per heavy atom. The molecule has 1 aromatic carbocycles. The second kappa shape index (κ2) is 4.52. The number of nitrogens with zero attached hydrogens (tertiary/aromatic N) is 1. The Bertz CT molecular complexity index is 441. The van der Waals surface area contributed by atoms with Crippen molar-refractivity contribution < 1.29 is 13.2 Å². The molecule has 0 saturated carbocycles. The maximum absolute atomic E-state index is 13.5. The van der Waals surface area contributed by atoms with Crippen LogP contribution in [0.5, 0.6) is 0 Å². The van der Waals surface area contributed by atoms with E-state index in [1.54, 1.807) is 4.90 Å². The van der Waals surface area contributed by atoms with Gasteiger partial charge >= 0.3 is 0 Å². The highest BCUT2D eigenvalue weighted by Gasteiger charge is 2.29. The highest BCUT2D eigenvalue weighted by atomic mass is 32.1. The van der Waals surface area contributed by atoms with Crippen LogP contribution in [-0.2, 0) is 0 Å². The Hall–Kier alpha value is -1.30. The number of rotatable bonds is 1. The lowest BCUT2D eigenvalue weighted by Gasteiger charge is -2.16. The van der Waals surface area contributed by atoms with E-state index < -0.39 is 17.5 Å². The van der Waals surface area contributed by atoms with Gasteiger partial charge in [0, 0.05) is 36.7 Å². The second-order valence-corrected chi connectivity index (χ2v) is 4.47. The monoisotopic (exact) mass is 260 g/mol. The lowest BCUT2D eigenvalue weighted by Crippen LogP contribution is -2.33. The number of hydrogen-bond donors (Lipinski definition) is 1. The Kier molecular flexibility index (Phi) is 3.24. The molecule has 1 aromatic rings. The Morgan fingerprint density at radius 3 is 2.35 bits per heavy atom. The Labute approximate surface area is 102 Å². The van der Waals surface area contributed by atoms with Gasteiger partial charge in [0.25, 0.3) is 0 Å². The average molecular weight is 260 g/mol. The minimum Gasteiger partial charge on any atom is -0.376 e. The van der Waals surface area contributed by atoms with Gasteiger partial charge in [-0.3, -0.25) is 0 Å². The van der Waals surface area contributed by atoms with E-state index in [-0.39, 0.29) is 16.6 Å². The van der Waals surface area contributed by atoms with Crippen LogP contribution in [0.25, 0.3) is 0 Å². The Balaban J connectivity index is 2.27. The molecule has 0 aromatic heterocycles. The highest BCUT2D eigenvalue weighted by Crippen LogP contribution is 2.31. The van der Waals surface area contributed by atoms with Crippen molar-refractivity contribution in [1.82, 2.24) is 4.90 Å². The quantitative estimate of drug-likeness (QED) is 0.784. The third-order valence-electron chi connectivity index (χ3n) is 2.95. The van der Waals surface area contributed by atoms with Gasteiger partial charge in [-0.05, 0) is 18.6 Å². The smallest absolute Gasteiger partial charge is 0.166 e. The van der Waals surface area contributed by atoms with Crippen molar-refractivity contribution in [2.75, 3.05) is 13.1 Å². The van der Waals surface area contributed by atoms with E-state index in [1.807, 2.05) is 0 Å². The molecular weight excluding hydrogens is 249 g/mol. The summed E-state index contributed by atoms with van der Waals surface area (Å²) in [4.78, 5) is 1.68. The van der Waals surface area contributed by atoms with Crippen LogP contribution in [-0.4, -0.2) is 23.1 Å². The maximum Gasteiger partial charge on any atom is 0.166 e. The summed E-state index contributed by atoms with van der Waals surface area (Å²) in [6, 6.07) is 1.39. The molecule has 17 heavy (non-hydrogen) atoms. The van der Waals surface area contributed by atoms with Gasteiger partial charge in [-0.25, -0.2) is 13.2 Å². The largest absolute Gasteiger partial charge is 0.376 e. The molecule has 0 bridgehead atoms. The number of benzene rings is 1. The van der Waals surface area contributed by atoms with Crippen molar-refractivity contribution in [3.05, 3.63) is 35.1 Å². The first-order valence-corrected chi connectivity index (χ1v) is 5.58. The van der Waals surface area contributed by atoms with E-state index in [4.69, 9.17) is 18.0 Å². The molecule has 2 N–H and O–H groups in total. The first-order chi connectivity index (χ1) is 7.99. The lowest BCUT2D eigenvalue weighted by atomic mass is 9.97. The van der Waals surface area contributed by atoms with Crippen LogP contribution in [0.2, 0.25) is 0 Å². The zero-order chi connectivity index (χ0) is 12.6. The van der Waals surface area contributed by atoms with E-state index in [2.05, 4.69) is 0 Å². The number of halogens is 3. The fraction of sp³-hybridized carbons (Fsp3) is 0.364. The topological polar surface area (TPSA) is 29.3 Å². The summed E-state index contributed by atoms with van der Waals surface area (Å²) in [5, 5.41) is 0.218. The first-order valence-electron chi connectivity index (χ1n) is 5.18. The van der Waals surface area contributed by atoms with Gasteiger partial charge < -0.3 is 10.6 Å². The van der Waals surface area contributed by atoms with Crippen LogP contribution < -0.4 is 5.73 Å². The van der Waals surface area contributed by atoms with Gasteiger partial charge in [-0.1, -0.05) is 0 Å². The van der Waals surface area contributed by atoms with Crippen molar-refractivity contribution in [1.29, 1.82) is 0 Å². The number of likely N-dealkylation sites (tertiary alicyclic amines) is 1. The van der Waals surface area contributed by atoms with Gasteiger partial charge in [-0.15, -0.1) is 0 Å². The normalized spacial score (nSPS) is 19.7. The predicted molar refractivity (Wildman–Crippen MR) is 62.0 cm³/mol. The summed E-state index contributed by atoms with van der Waals surface area (Å²) in [7, 11) is 0. The lowest BCUT2D eigenvalue weighted by molar-refractivity contribution is 0.484. The highest BCUT2D eigenvalue weighted by molar-refractivity contribution is 7.80. The van der Waals surface area contributed by atoms with Crippen molar-refractivity contribution in [2.24, 2.45) is 5.73 Å². The van der Waals surface area contributed by atoms with E-state index in [0.29, 0.717) is 31.6 Å². The molecule has 6 heteroatoms. The maximum atomic E-state index is 13.5. The van der Waals surface area contributed by atoms with E-state index in [0.717, 1.165) is 0 Å². The fourth-order valence-electron chi connectivity index (χ4n) is 2.14. The third kappa shape index (κ3) is 2.36. The van der Waals surface area contributed by atoms with Crippen LogP contribution >= 0.6 is 12.2 Å². The van der Waals surface area contributed by atoms with Gasteiger partial charge in [0.05, 0.1) is 0 Å². The predicted octanol–water partition coefficient (Wildman–Crippen LogP) is 2.14. The molecule has 0 amide bonds. The van der Waals surface area contributed by atoms with Crippen LogP contribution in [0.1, 0.15) is 17.9 Å². The Morgan fingerprint density at radius 1 is 1.29 bits per heavy atom. The van der Waals surface area contributed by atoms with Gasteiger partial charge in [0.15, 0.2) is 5.11 Å². The van der Waals surface area contributed by atoms with Crippen molar-refractivity contribution in [2.45, 2.75) is 12.3 Å². The molecule has 1 atom stereocenters. The number of thiocarbonyl (C=S) groups is 1. The molecule has 1 aliphatic heterocycles. The number of hydrogen-bond acceptors (Lipinski definition) is 1. The zero-order valence-electron chi connectivity index (χ0n) is 8.92. The van der Waals surface area contributed by atoms with E-state index >= 15 is 0 Å². The second-order valence-electron chi connectivity index (χ2n) is 4.05. The van der Waals surface area contributed by atoms with Crippen LogP contribution in [0, 0.1) is 17.5 Å². The van der Waals surface area contributed by atoms with E-state index in [1.165, 1.54) is 0 Å². The van der Waals surface area contributed by atoms with Crippen LogP contribution in [0.4, 0.5) is 13.2 Å². The summed E-state index contributed by atoms with van der Waals surface area (Å²) in [5.41, 5.74) is 5.37. The molecule has 1 saturated heterocycles. The zero-order valence-corrected chi connectivity index (χ0v) is 9.74. The van der Waals surface area contributed by atoms with Crippen LogP contribution in [0.3, 0.4) is 0 Å². The molecule has 1 aliphatic rings. The first kappa shape index (κ1) is 12.2. The van der Waals surface area contributed by atoms with Crippen molar-refractivity contribution in [3.63, 3.8) is 0 Å². The molecule has 0 aliphatic carbocycles. The SMILES string of the molecule is NC(=S)N1CCC(c2c(F)cc(F)cc2F)C1. The average Bonchev–Trinajstić information content (AvgIpc) is 2.65. The summed E-state index contributed by atoms with van der Waals surface area (Å²) in [6.45, 7) is 0.936. The molecule has 0 radical (unpaired) electrons. The standard InChI is InChI=1S/C11H11F3N2S/c12-7-3-8(13)10(9(14)4-7)6-1-2-16(5-6)11(15)17/h3-4,6H,1-2,5H2,(H2,15,17). The molecular formula is C11H11F3N2S. The summed E-state index contributed by atoms with van der Waals surface area (Å²) < 4.78 is 39.8. The molecule has 0 spiro atoms. The van der Waals surface area contributed by atoms with Crippen LogP contribution in [0.15, 0.2) is 12.1 Å².